The third kappa shape index (κ3) is 27.1. The molecule has 0 aliphatic carbocycles. The molecule has 10 heteroatoms. The maximum Gasteiger partial charge on any atom is 0.306 e. The quantitative estimate of drug-likeness (QED) is 0.0273. The van der Waals surface area contributed by atoms with Gasteiger partial charge < -0.3 is 39.4 Å². The lowest BCUT2D eigenvalue weighted by molar-refractivity contribution is -0.305. The normalized spacial score (nSPS) is 20.7. The number of ether oxygens (including phenoxy) is 4. The second-order valence-electron chi connectivity index (χ2n) is 15.5. The molecule has 0 spiro atoms. The van der Waals surface area contributed by atoms with E-state index < -0.39 is 49.4 Å². The molecular formula is C44H82O10. The summed E-state index contributed by atoms with van der Waals surface area (Å²) in [5.74, 6) is -0.808. The Kier molecular flexibility index (Phi) is 33.5. The number of carbonyl (C=O) groups excluding carboxylic acids is 2. The highest BCUT2D eigenvalue weighted by Gasteiger charge is 2.44. The van der Waals surface area contributed by atoms with Crippen molar-refractivity contribution in [1.82, 2.24) is 0 Å². The van der Waals surface area contributed by atoms with E-state index in [4.69, 9.17) is 18.9 Å². The van der Waals surface area contributed by atoms with Crippen molar-refractivity contribution in [3.05, 3.63) is 12.2 Å². The van der Waals surface area contributed by atoms with Crippen LogP contribution in [0.2, 0.25) is 0 Å². The molecular weight excluding hydrogens is 688 g/mol. The van der Waals surface area contributed by atoms with Crippen molar-refractivity contribution in [3.63, 3.8) is 0 Å². The number of unbranched alkanes of at least 4 members (excludes halogenated alkanes) is 24. The maximum absolute atomic E-state index is 12.7. The van der Waals surface area contributed by atoms with Gasteiger partial charge in [-0.2, -0.15) is 0 Å². The Morgan fingerprint density at radius 3 is 1.46 bits per heavy atom. The lowest BCUT2D eigenvalue weighted by atomic mass is 9.99. The molecule has 0 radical (unpaired) electrons. The zero-order valence-electron chi connectivity index (χ0n) is 34.5. The molecule has 1 heterocycles. The van der Waals surface area contributed by atoms with Crippen LogP contribution >= 0.6 is 0 Å². The summed E-state index contributed by atoms with van der Waals surface area (Å²) < 4.78 is 22.1. The van der Waals surface area contributed by atoms with Gasteiger partial charge >= 0.3 is 11.9 Å². The van der Waals surface area contributed by atoms with E-state index in [-0.39, 0.29) is 32.0 Å². The number of carbonyl (C=O) groups is 2. The Balaban J connectivity index is 2.32. The molecule has 0 aromatic heterocycles. The van der Waals surface area contributed by atoms with Gasteiger partial charge in [0.05, 0.1) is 13.2 Å². The molecule has 0 aromatic rings. The number of hydrogen-bond acceptors (Lipinski definition) is 10. The van der Waals surface area contributed by atoms with Crippen LogP contribution in [0.4, 0.5) is 0 Å². The van der Waals surface area contributed by atoms with Gasteiger partial charge in [0.25, 0.3) is 0 Å². The first-order chi connectivity index (χ1) is 26.3. The van der Waals surface area contributed by atoms with Crippen LogP contribution in [0.5, 0.6) is 0 Å². The minimum absolute atomic E-state index is 0.215. The van der Waals surface area contributed by atoms with Crippen molar-refractivity contribution in [2.24, 2.45) is 0 Å². The first-order valence-electron chi connectivity index (χ1n) is 22.3. The van der Waals surface area contributed by atoms with E-state index in [1.807, 2.05) is 0 Å². The van der Waals surface area contributed by atoms with Gasteiger partial charge in [-0.3, -0.25) is 9.59 Å². The van der Waals surface area contributed by atoms with Crippen LogP contribution < -0.4 is 0 Å². The number of aliphatic hydroxyl groups is 4. The van der Waals surface area contributed by atoms with Crippen LogP contribution in [0, 0.1) is 0 Å². The molecule has 4 N–H and O–H groups in total. The molecule has 54 heavy (non-hydrogen) atoms. The van der Waals surface area contributed by atoms with Gasteiger partial charge in [0.2, 0.25) is 0 Å². The minimum atomic E-state index is -1.59. The number of aliphatic hydroxyl groups excluding tert-OH is 4. The van der Waals surface area contributed by atoms with Gasteiger partial charge in [0, 0.05) is 12.8 Å². The molecule has 6 unspecified atom stereocenters. The van der Waals surface area contributed by atoms with Crippen LogP contribution in [0.15, 0.2) is 12.2 Å². The van der Waals surface area contributed by atoms with Crippen LogP contribution in [-0.4, -0.2) is 89.0 Å². The topological polar surface area (TPSA) is 152 Å². The average molecular weight is 771 g/mol. The molecule has 0 bridgehead atoms. The van der Waals surface area contributed by atoms with Gasteiger partial charge in [0.1, 0.15) is 31.0 Å². The predicted octanol–water partition coefficient (Wildman–Crippen LogP) is 9.17. The summed E-state index contributed by atoms with van der Waals surface area (Å²) in [6, 6.07) is 0. The molecule has 6 atom stereocenters. The highest BCUT2D eigenvalue weighted by Crippen LogP contribution is 2.23. The van der Waals surface area contributed by atoms with E-state index in [0.29, 0.717) is 6.42 Å². The summed E-state index contributed by atoms with van der Waals surface area (Å²) in [5.41, 5.74) is 0. The summed E-state index contributed by atoms with van der Waals surface area (Å²) >= 11 is 0. The van der Waals surface area contributed by atoms with E-state index in [2.05, 4.69) is 26.0 Å². The summed E-state index contributed by atoms with van der Waals surface area (Å²) in [7, 11) is 0. The van der Waals surface area contributed by atoms with Crippen molar-refractivity contribution in [2.45, 2.75) is 237 Å². The van der Waals surface area contributed by atoms with Crippen LogP contribution in [0.25, 0.3) is 0 Å². The van der Waals surface area contributed by atoms with E-state index in [1.54, 1.807) is 0 Å². The molecule has 1 rings (SSSR count). The Bertz CT molecular complexity index is 897. The fraction of sp³-hybridized carbons (Fsp3) is 0.909. The fourth-order valence-electron chi connectivity index (χ4n) is 6.83. The molecule has 0 aromatic carbocycles. The Labute approximate surface area is 329 Å². The van der Waals surface area contributed by atoms with Crippen molar-refractivity contribution < 1.29 is 49.0 Å². The van der Waals surface area contributed by atoms with E-state index in [1.165, 1.54) is 109 Å². The Morgan fingerprint density at radius 1 is 0.556 bits per heavy atom. The zero-order chi connectivity index (χ0) is 39.5. The molecule has 10 nitrogen and oxygen atoms in total. The highest BCUT2D eigenvalue weighted by molar-refractivity contribution is 5.70. The van der Waals surface area contributed by atoms with Crippen LogP contribution in [0.1, 0.15) is 200 Å². The molecule has 1 fully saturated rings. The summed E-state index contributed by atoms with van der Waals surface area (Å²) in [4.78, 5) is 25.3. The van der Waals surface area contributed by atoms with Gasteiger partial charge in [-0.25, -0.2) is 0 Å². The van der Waals surface area contributed by atoms with Gasteiger partial charge in [-0.15, -0.1) is 0 Å². The van der Waals surface area contributed by atoms with E-state index in [9.17, 15) is 30.0 Å². The zero-order valence-corrected chi connectivity index (χ0v) is 34.5. The van der Waals surface area contributed by atoms with E-state index in [0.717, 1.165) is 57.8 Å². The number of hydrogen-bond donors (Lipinski definition) is 4. The highest BCUT2D eigenvalue weighted by atomic mass is 16.7. The second kappa shape index (κ2) is 35.8. The lowest BCUT2D eigenvalue weighted by Gasteiger charge is -2.39. The van der Waals surface area contributed by atoms with Crippen molar-refractivity contribution in [1.29, 1.82) is 0 Å². The fourth-order valence-corrected chi connectivity index (χ4v) is 6.83. The van der Waals surface area contributed by atoms with Crippen LogP contribution in [0.3, 0.4) is 0 Å². The third-order valence-corrected chi connectivity index (χ3v) is 10.4. The van der Waals surface area contributed by atoms with Gasteiger partial charge in [-0.1, -0.05) is 161 Å². The summed E-state index contributed by atoms with van der Waals surface area (Å²) in [5, 5.41) is 40.0. The van der Waals surface area contributed by atoms with Gasteiger partial charge in [-0.05, 0) is 38.5 Å². The molecule has 0 amide bonds. The van der Waals surface area contributed by atoms with Crippen molar-refractivity contribution >= 4 is 11.9 Å². The SMILES string of the molecule is CCCCCC/C=C\CCCCCCCC(=O)OC(COC(=O)CCCCCCCCCCCCCCCCCC)COC1OC(CO)C(O)C(O)C1O. The summed E-state index contributed by atoms with van der Waals surface area (Å²) in [6.45, 7) is 3.41. The van der Waals surface area contributed by atoms with E-state index >= 15 is 0 Å². The second-order valence-corrected chi connectivity index (χ2v) is 15.5. The molecule has 1 aliphatic rings. The lowest BCUT2D eigenvalue weighted by Crippen LogP contribution is -2.59. The molecule has 318 valence electrons. The number of esters is 2. The maximum atomic E-state index is 12.7. The number of rotatable bonds is 37. The summed E-state index contributed by atoms with van der Waals surface area (Å²) in [6.07, 6.45) is 29.3. The van der Waals surface area contributed by atoms with Crippen molar-refractivity contribution in [2.75, 3.05) is 19.8 Å². The average Bonchev–Trinajstić information content (AvgIpc) is 3.17. The first kappa shape index (κ1) is 50.5. The number of allylic oxidation sites excluding steroid dienone is 2. The molecule has 1 aliphatic heterocycles. The minimum Gasteiger partial charge on any atom is -0.462 e. The van der Waals surface area contributed by atoms with Crippen molar-refractivity contribution in [3.8, 4) is 0 Å². The monoisotopic (exact) mass is 771 g/mol. The standard InChI is InChI=1S/C44H82O10/c1-3-5-7-9-11-13-15-17-18-19-21-22-24-26-28-30-32-39(46)51-35-37(36-52-44-43(50)42(49)41(48)38(34-45)54-44)53-40(47)33-31-29-27-25-23-20-16-14-12-10-8-6-4-2/h14,16,37-38,41-45,48-50H,3-13,15,17-36H2,1-2H3/b16-14-. The largest absolute Gasteiger partial charge is 0.462 e. The van der Waals surface area contributed by atoms with Gasteiger partial charge in [0.15, 0.2) is 12.4 Å². The molecule has 1 saturated heterocycles. The van der Waals surface area contributed by atoms with Crippen LogP contribution in [-0.2, 0) is 28.5 Å². The predicted molar refractivity (Wildman–Crippen MR) is 215 cm³/mol. The third-order valence-electron chi connectivity index (χ3n) is 10.4. The first-order valence-corrected chi connectivity index (χ1v) is 22.3. The smallest absolute Gasteiger partial charge is 0.306 e. The molecule has 0 saturated carbocycles. The Hall–Kier alpha value is -1.56. The Morgan fingerprint density at radius 2 is 0.981 bits per heavy atom.